The van der Waals surface area contributed by atoms with E-state index in [0.717, 1.165) is 24.1 Å². The minimum atomic E-state index is -4.52. The Balaban J connectivity index is 1.97. The van der Waals surface area contributed by atoms with E-state index in [2.05, 4.69) is 13.8 Å². The third-order valence-electron chi connectivity index (χ3n) is 5.81. The van der Waals surface area contributed by atoms with Crippen LogP contribution in [0.4, 0.5) is 24.5 Å². The Morgan fingerprint density at radius 3 is 2.48 bits per heavy atom. The highest BCUT2D eigenvalue weighted by Gasteiger charge is 2.43. The normalized spacial score (nSPS) is 21.6. The summed E-state index contributed by atoms with van der Waals surface area (Å²) in [5.41, 5.74) is 1.45. The van der Waals surface area contributed by atoms with E-state index in [9.17, 15) is 18.4 Å². The number of halogens is 3. The zero-order chi connectivity index (χ0) is 21.0. The van der Waals surface area contributed by atoms with Crippen LogP contribution in [0.3, 0.4) is 0 Å². The van der Waals surface area contributed by atoms with Gasteiger partial charge in [-0.05, 0) is 37.6 Å². The zero-order valence-electron chi connectivity index (χ0n) is 16.5. The van der Waals surface area contributed by atoms with Gasteiger partial charge in [-0.3, -0.25) is 4.99 Å². The first-order valence-electron chi connectivity index (χ1n) is 9.58. The maximum absolute atomic E-state index is 13.3. The van der Waals surface area contributed by atoms with Crippen molar-refractivity contribution < 1.29 is 17.9 Å². The van der Waals surface area contributed by atoms with Crippen LogP contribution in [0.15, 0.2) is 47.5 Å². The number of aliphatic imine (C=N–C) groups is 1. The Kier molecular flexibility index (Phi) is 4.44. The molecule has 2 aliphatic heterocycles. The maximum Gasteiger partial charge on any atom is 0.416 e. The second-order valence-corrected chi connectivity index (χ2v) is 8.10. The summed E-state index contributed by atoms with van der Waals surface area (Å²) in [6, 6.07) is 10.7. The molecule has 0 N–H and O–H groups in total. The van der Waals surface area contributed by atoms with Crippen LogP contribution in [0, 0.1) is 17.5 Å². The molecule has 152 valence electrons. The van der Waals surface area contributed by atoms with Gasteiger partial charge in [-0.1, -0.05) is 31.5 Å². The van der Waals surface area contributed by atoms with Crippen LogP contribution >= 0.6 is 0 Å². The molecule has 2 aromatic rings. The van der Waals surface area contributed by atoms with Crippen molar-refractivity contribution in [3.63, 3.8) is 0 Å². The molecule has 0 bridgehead atoms. The van der Waals surface area contributed by atoms with Gasteiger partial charge < -0.3 is 10.1 Å². The van der Waals surface area contributed by atoms with Gasteiger partial charge in [0.05, 0.1) is 11.1 Å². The van der Waals surface area contributed by atoms with E-state index >= 15 is 0 Å². The van der Waals surface area contributed by atoms with Gasteiger partial charge in [-0.15, -0.1) is 0 Å². The minimum absolute atomic E-state index is 0.00490. The molecule has 2 aromatic carbocycles. The van der Waals surface area contributed by atoms with Gasteiger partial charge in [0.25, 0.3) is 5.71 Å². The summed E-state index contributed by atoms with van der Waals surface area (Å²) in [6.45, 7) is 7.26. The van der Waals surface area contributed by atoms with Gasteiger partial charge in [0.1, 0.15) is 5.69 Å². The largest absolute Gasteiger partial charge is 0.618 e. The van der Waals surface area contributed by atoms with Crippen molar-refractivity contribution in [2.75, 3.05) is 18.0 Å². The Morgan fingerprint density at radius 1 is 1.17 bits per heavy atom. The number of hydrogen-bond acceptors (Lipinski definition) is 3. The lowest BCUT2D eigenvalue weighted by molar-refractivity contribution is -0.358. The molecule has 4 rings (SSSR count). The van der Waals surface area contributed by atoms with Crippen molar-refractivity contribution >= 4 is 22.9 Å². The molecule has 0 saturated heterocycles. The number of amidine groups is 1. The molecule has 7 heteroatoms. The van der Waals surface area contributed by atoms with Crippen LogP contribution in [0.2, 0.25) is 0 Å². The molecule has 0 saturated carbocycles. The molecule has 0 amide bonds. The number of rotatable bonds is 2. The van der Waals surface area contributed by atoms with Crippen LogP contribution in [0.5, 0.6) is 0 Å². The summed E-state index contributed by atoms with van der Waals surface area (Å²) in [6.07, 6.45) is -3.65. The molecule has 0 spiro atoms. The van der Waals surface area contributed by atoms with E-state index in [-0.39, 0.29) is 16.8 Å². The van der Waals surface area contributed by atoms with Crippen molar-refractivity contribution in [2.24, 2.45) is 10.4 Å². The molecule has 29 heavy (non-hydrogen) atoms. The molecule has 4 nitrogen and oxygen atoms in total. The molecule has 2 aliphatic rings. The molecule has 1 atom stereocenters. The summed E-state index contributed by atoms with van der Waals surface area (Å²) in [5.74, 6) is 0.516. The Morgan fingerprint density at radius 2 is 1.86 bits per heavy atom. The molecule has 0 aromatic heterocycles. The molecule has 2 heterocycles. The summed E-state index contributed by atoms with van der Waals surface area (Å²) < 4.78 is 40.5. The predicted molar refractivity (Wildman–Crippen MR) is 108 cm³/mol. The van der Waals surface area contributed by atoms with Gasteiger partial charge in [-0.25, -0.2) is 0 Å². The highest BCUT2D eigenvalue weighted by Crippen LogP contribution is 2.42. The molecular formula is C22H22F3N3O. The minimum Gasteiger partial charge on any atom is -0.618 e. The molecule has 0 aliphatic carbocycles. The summed E-state index contributed by atoms with van der Waals surface area (Å²) in [5, 5.41) is 13.3. The Hall–Kier alpha value is -2.83. The van der Waals surface area contributed by atoms with Gasteiger partial charge in [0.15, 0.2) is 0 Å². The number of hydrogen-bond donors (Lipinski definition) is 0. The number of fused-ring (bicyclic) bond motifs is 3. The van der Waals surface area contributed by atoms with E-state index < -0.39 is 11.7 Å². The quantitative estimate of drug-likeness (QED) is 0.507. The number of aryl methyl sites for hydroxylation is 1. The fourth-order valence-corrected chi connectivity index (χ4v) is 3.74. The average molecular weight is 401 g/mol. The third-order valence-corrected chi connectivity index (χ3v) is 5.81. The van der Waals surface area contributed by atoms with Crippen molar-refractivity contribution in [1.29, 1.82) is 0 Å². The van der Waals surface area contributed by atoms with Crippen LogP contribution in [-0.2, 0) is 6.18 Å². The number of nitrogens with zero attached hydrogens (tertiary/aromatic N) is 3. The fraction of sp³-hybridized carbons (Fsp3) is 0.364. The lowest BCUT2D eigenvalue weighted by Gasteiger charge is -2.41. The second kappa shape index (κ2) is 6.61. The highest BCUT2D eigenvalue weighted by molar-refractivity contribution is 6.51. The summed E-state index contributed by atoms with van der Waals surface area (Å²) >= 11 is 0. The second-order valence-electron chi connectivity index (χ2n) is 8.10. The van der Waals surface area contributed by atoms with Gasteiger partial charge in [0, 0.05) is 24.6 Å². The van der Waals surface area contributed by atoms with Gasteiger partial charge in [-0.2, -0.15) is 17.9 Å². The zero-order valence-corrected chi connectivity index (χ0v) is 16.5. The smallest absolute Gasteiger partial charge is 0.416 e. The first kappa shape index (κ1) is 19.5. The number of anilines is 1. The molecule has 1 unspecified atom stereocenters. The van der Waals surface area contributed by atoms with E-state index in [1.165, 1.54) is 6.07 Å². The lowest BCUT2D eigenvalue weighted by atomic mass is 9.84. The third kappa shape index (κ3) is 3.28. The number of alkyl halides is 3. The standard InChI is InChI=1S/C22H22F3N3O/c1-4-21(3)12-26-20-19(15-7-5-14(2)6-8-15)28(29)18-11-16(22(23,24)25)9-10-17(18)27(20)13-21/h5-11H,4,12-13H2,1-3H3. The van der Waals surface area contributed by atoms with Crippen LogP contribution < -0.4 is 4.90 Å². The van der Waals surface area contributed by atoms with Gasteiger partial charge in [0.2, 0.25) is 11.5 Å². The predicted octanol–water partition coefficient (Wildman–Crippen LogP) is 5.29. The number of benzene rings is 2. The van der Waals surface area contributed by atoms with E-state index in [1.807, 2.05) is 36.1 Å². The summed E-state index contributed by atoms with van der Waals surface area (Å²) in [7, 11) is 0. The maximum atomic E-state index is 13.3. The molecular weight excluding hydrogens is 379 g/mol. The highest BCUT2D eigenvalue weighted by atomic mass is 19.4. The average Bonchev–Trinajstić information content (AvgIpc) is 2.69. The molecule has 0 fully saturated rings. The Labute approximate surface area is 167 Å². The van der Waals surface area contributed by atoms with Crippen molar-refractivity contribution in [1.82, 2.24) is 0 Å². The van der Waals surface area contributed by atoms with Crippen molar-refractivity contribution in [2.45, 2.75) is 33.4 Å². The lowest BCUT2D eigenvalue weighted by Crippen LogP contribution is -2.52. The first-order valence-corrected chi connectivity index (χ1v) is 9.58. The molecule has 0 radical (unpaired) electrons. The van der Waals surface area contributed by atoms with Crippen LogP contribution in [0.1, 0.15) is 37.0 Å². The first-order chi connectivity index (χ1) is 13.6. The van der Waals surface area contributed by atoms with Crippen LogP contribution in [-0.4, -0.2) is 29.4 Å². The SMILES string of the molecule is CCC1(C)CN=C2C(c3ccc(C)cc3)=[N+]([O-])c3cc(C(F)(F)F)ccc3N2C1. The topological polar surface area (TPSA) is 41.7 Å². The van der Waals surface area contributed by atoms with E-state index in [0.29, 0.717) is 34.9 Å². The van der Waals surface area contributed by atoms with Gasteiger partial charge >= 0.3 is 6.18 Å². The van der Waals surface area contributed by atoms with E-state index in [4.69, 9.17) is 4.99 Å². The van der Waals surface area contributed by atoms with Crippen molar-refractivity contribution in [3.8, 4) is 0 Å². The monoisotopic (exact) mass is 401 g/mol. The Bertz CT molecular complexity index is 1020. The van der Waals surface area contributed by atoms with E-state index in [1.54, 1.807) is 0 Å². The van der Waals surface area contributed by atoms with Crippen LogP contribution in [0.25, 0.3) is 0 Å². The summed E-state index contributed by atoms with van der Waals surface area (Å²) in [4.78, 5) is 6.61. The van der Waals surface area contributed by atoms with Crippen molar-refractivity contribution in [3.05, 3.63) is 64.4 Å². The fourth-order valence-electron chi connectivity index (χ4n) is 3.74.